The molecule has 4 heteroatoms. The molecule has 0 N–H and O–H groups in total. The van der Waals surface area contributed by atoms with Gasteiger partial charge in [0.05, 0.1) is 0 Å². The number of rotatable bonds is 1. The number of anilines is 1. The molecule has 17 heavy (non-hydrogen) atoms. The van der Waals surface area contributed by atoms with Crippen LogP contribution in [0.1, 0.15) is 5.56 Å². The number of ether oxygens (including phenoxy) is 2. The van der Waals surface area contributed by atoms with Gasteiger partial charge in [0.2, 0.25) is 5.76 Å². The van der Waals surface area contributed by atoms with Crippen molar-refractivity contribution in [2.24, 2.45) is 0 Å². The molecule has 0 fully saturated rings. The third-order valence-corrected chi connectivity index (χ3v) is 2.99. The molecule has 1 amide bonds. The van der Waals surface area contributed by atoms with Crippen molar-refractivity contribution in [2.75, 3.05) is 24.7 Å². The second kappa shape index (κ2) is 4.13. The van der Waals surface area contributed by atoms with Crippen LogP contribution in [0.5, 0.6) is 0 Å². The molecule has 0 unspecified atom stereocenters. The molecule has 2 aliphatic rings. The first-order valence-electron chi connectivity index (χ1n) is 5.70. The van der Waals surface area contributed by atoms with E-state index >= 15 is 0 Å². The van der Waals surface area contributed by atoms with Crippen LogP contribution in [0.3, 0.4) is 0 Å². The Balaban J connectivity index is 1.87. The number of para-hydroxylation sites is 1. The smallest absolute Gasteiger partial charge is 0.296 e. The minimum atomic E-state index is -0.116. The molecule has 0 saturated heterocycles. The number of carbonyl (C=O) groups is 1. The first-order valence-corrected chi connectivity index (χ1v) is 5.70. The number of fused-ring (bicyclic) bond motifs is 1. The molecule has 3 rings (SSSR count). The summed E-state index contributed by atoms with van der Waals surface area (Å²) in [5, 5.41) is 0. The van der Waals surface area contributed by atoms with E-state index in [-0.39, 0.29) is 5.91 Å². The molecule has 1 aromatic rings. The van der Waals surface area contributed by atoms with E-state index in [0.717, 1.165) is 12.1 Å². The minimum absolute atomic E-state index is 0.116. The zero-order valence-electron chi connectivity index (χ0n) is 9.39. The van der Waals surface area contributed by atoms with Gasteiger partial charge in [0.25, 0.3) is 5.91 Å². The molecule has 0 aromatic heterocycles. The summed E-state index contributed by atoms with van der Waals surface area (Å²) >= 11 is 0. The van der Waals surface area contributed by atoms with Crippen LogP contribution >= 0.6 is 0 Å². The molecule has 1 aromatic carbocycles. The maximum Gasteiger partial charge on any atom is 0.296 e. The average molecular weight is 231 g/mol. The Labute approximate surface area is 99.4 Å². The molecule has 0 atom stereocenters. The zero-order valence-corrected chi connectivity index (χ0v) is 9.39. The number of hydrogen-bond donors (Lipinski definition) is 0. The van der Waals surface area contributed by atoms with Gasteiger partial charge in [-0.25, -0.2) is 0 Å². The van der Waals surface area contributed by atoms with E-state index in [2.05, 4.69) is 6.07 Å². The van der Waals surface area contributed by atoms with Crippen molar-refractivity contribution in [1.29, 1.82) is 0 Å². The minimum Gasteiger partial charge on any atom is -0.494 e. The van der Waals surface area contributed by atoms with Crippen LogP contribution in [-0.4, -0.2) is 25.7 Å². The molecule has 0 aliphatic carbocycles. The molecule has 4 nitrogen and oxygen atoms in total. The highest BCUT2D eigenvalue weighted by Crippen LogP contribution is 2.28. The van der Waals surface area contributed by atoms with Crippen molar-refractivity contribution in [2.45, 2.75) is 6.42 Å². The van der Waals surface area contributed by atoms with Crippen LogP contribution in [0.2, 0.25) is 0 Å². The van der Waals surface area contributed by atoms with E-state index in [1.165, 1.54) is 11.8 Å². The van der Waals surface area contributed by atoms with Crippen LogP contribution in [-0.2, 0) is 20.7 Å². The first kappa shape index (κ1) is 10.2. The third kappa shape index (κ3) is 1.75. The van der Waals surface area contributed by atoms with Crippen LogP contribution in [0.25, 0.3) is 0 Å². The molecule has 0 radical (unpaired) electrons. The van der Waals surface area contributed by atoms with Gasteiger partial charge in [0, 0.05) is 12.2 Å². The van der Waals surface area contributed by atoms with E-state index in [4.69, 9.17) is 9.47 Å². The Morgan fingerprint density at radius 1 is 1.24 bits per heavy atom. The molecular formula is C13H13NO3. The molecule has 0 spiro atoms. The Bertz CT molecular complexity index is 481. The van der Waals surface area contributed by atoms with Gasteiger partial charge in [-0.2, -0.15) is 0 Å². The summed E-state index contributed by atoms with van der Waals surface area (Å²) in [6.45, 7) is 1.65. The summed E-state index contributed by atoms with van der Waals surface area (Å²) in [5.74, 6) is 0.183. The van der Waals surface area contributed by atoms with Crippen molar-refractivity contribution in [3.05, 3.63) is 41.9 Å². The summed E-state index contributed by atoms with van der Waals surface area (Å²) in [4.78, 5) is 14.0. The normalized spacial score (nSPS) is 17.9. The van der Waals surface area contributed by atoms with Crippen LogP contribution in [0, 0.1) is 0 Å². The second-order valence-corrected chi connectivity index (χ2v) is 4.04. The standard InChI is InChI=1S/C13H13NO3/c15-13(12-9-16-7-8-17-12)14-6-5-10-3-1-2-4-11(10)14/h1-4,9H,5-8H2. The fraction of sp³-hybridized carbons (Fsp3) is 0.308. The van der Waals surface area contributed by atoms with Crippen molar-refractivity contribution >= 4 is 11.6 Å². The number of benzene rings is 1. The van der Waals surface area contributed by atoms with Gasteiger partial charge in [0.1, 0.15) is 19.5 Å². The van der Waals surface area contributed by atoms with Crippen LogP contribution < -0.4 is 4.90 Å². The molecule has 2 heterocycles. The molecule has 88 valence electrons. The largest absolute Gasteiger partial charge is 0.494 e. The number of hydrogen-bond acceptors (Lipinski definition) is 3. The lowest BCUT2D eigenvalue weighted by Crippen LogP contribution is -2.32. The lowest BCUT2D eigenvalue weighted by atomic mass is 10.2. The third-order valence-electron chi connectivity index (χ3n) is 2.99. The average Bonchev–Trinajstić information content (AvgIpc) is 2.83. The zero-order chi connectivity index (χ0) is 11.7. The lowest BCUT2D eigenvalue weighted by Gasteiger charge is -2.21. The molecule has 2 aliphatic heterocycles. The summed E-state index contributed by atoms with van der Waals surface area (Å²) in [6.07, 6.45) is 2.31. The van der Waals surface area contributed by atoms with Crippen molar-refractivity contribution in [1.82, 2.24) is 0 Å². The lowest BCUT2D eigenvalue weighted by molar-refractivity contribution is -0.119. The van der Waals surface area contributed by atoms with Gasteiger partial charge < -0.3 is 14.4 Å². The highest BCUT2D eigenvalue weighted by Gasteiger charge is 2.28. The highest BCUT2D eigenvalue weighted by molar-refractivity contribution is 6.05. The molecular weight excluding hydrogens is 218 g/mol. The van der Waals surface area contributed by atoms with Gasteiger partial charge in [-0.15, -0.1) is 0 Å². The van der Waals surface area contributed by atoms with Gasteiger partial charge in [-0.05, 0) is 18.1 Å². The second-order valence-electron chi connectivity index (χ2n) is 4.04. The topological polar surface area (TPSA) is 38.8 Å². The van der Waals surface area contributed by atoms with Gasteiger partial charge >= 0.3 is 0 Å². The fourth-order valence-electron chi connectivity index (χ4n) is 2.16. The molecule has 0 saturated carbocycles. The van der Waals surface area contributed by atoms with Crippen molar-refractivity contribution in [3.63, 3.8) is 0 Å². The van der Waals surface area contributed by atoms with E-state index < -0.39 is 0 Å². The van der Waals surface area contributed by atoms with Gasteiger partial charge in [-0.1, -0.05) is 18.2 Å². The van der Waals surface area contributed by atoms with E-state index in [9.17, 15) is 4.79 Å². The van der Waals surface area contributed by atoms with E-state index in [1.807, 2.05) is 18.2 Å². The number of nitrogens with zero attached hydrogens (tertiary/aromatic N) is 1. The van der Waals surface area contributed by atoms with Crippen molar-refractivity contribution < 1.29 is 14.3 Å². The Morgan fingerprint density at radius 3 is 2.94 bits per heavy atom. The Hall–Kier alpha value is -1.97. The Morgan fingerprint density at radius 2 is 2.12 bits per heavy atom. The number of carbonyl (C=O) groups excluding carboxylic acids is 1. The monoisotopic (exact) mass is 231 g/mol. The Kier molecular flexibility index (Phi) is 2.48. The van der Waals surface area contributed by atoms with E-state index in [0.29, 0.717) is 25.5 Å². The van der Waals surface area contributed by atoms with Gasteiger partial charge in [0.15, 0.2) is 0 Å². The van der Waals surface area contributed by atoms with Crippen LogP contribution in [0.4, 0.5) is 5.69 Å². The fourth-order valence-corrected chi connectivity index (χ4v) is 2.16. The van der Waals surface area contributed by atoms with Crippen LogP contribution in [0.15, 0.2) is 36.3 Å². The van der Waals surface area contributed by atoms with E-state index in [1.54, 1.807) is 4.90 Å². The predicted molar refractivity (Wildman–Crippen MR) is 62.5 cm³/mol. The summed E-state index contributed by atoms with van der Waals surface area (Å²) in [7, 11) is 0. The van der Waals surface area contributed by atoms with Gasteiger partial charge in [-0.3, -0.25) is 4.79 Å². The van der Waals surface area contributed by atoms with Crippen molar-refractivity contribution in [3.8, 4) is 0 Å². The molecule has 0 bridgehead atoms. The quantitative estimate of drug-likeness (QED) is 0.734. The summed E-state index contributed by atoms with van der Waals surface area (Å²) in [6, 6.07) is 7.95. The first-order chi connectivity index (χ1) is 8.36. The maximum absolute atomic E-state index is 12.2. The SMILES string of the molecule is O=C(C1=COCCO1)N1CCc2ccccc21. The number of amides is 1. The maximum atomic E-state index is 12.2. The highest BCUT2D eigenvalue weighted by atomic mass is 16.6. The predicted octanol–water partition coefficient (Wildman–Crippen LogP) is 1.46. The summed E-state index contributed by atoms with van der Waals surface area (Å²) < 4.78 is 10.4. The summed E-state index contributed by atoms with van der Waals surface area (Å²) in [5.41, 5.74) is 2.19.